The van der Waals surface area contributed by atoms with Crippen LogP contribution in [0, 0.1) is 0 Å². The van der Waals surface area contributed by atoms with E-state index in [9.17, 15) is 4.79 Å². The van der Waals surface area contributed by atoms with E-state index < -0.39 is 25.0 Å². The molecule has 0 aromatic heterocycles. The molecule has 0 aliphatic heterocycles. The summed E-state index contributed by atoms with van der Waals surface area (Å²) in [6.45, 7) is 35.2. The Kier molecular flexibility index (Phi) is 9.30. The van der Waals surface area contributed by atoms with Crippen molar-refractivity contribution >= 4 is 30.9 Å². The van der Waals surface area contributed by atoms with Crippen LogP contribution >= 0.6 is 0 Å². The number of hydrogen-bond donors (Lipinski definition) is 0. The fourth-order valence-electron chi connectivity index (χ4n) is 2.43. The second-order valence-electron chi connectivity index (χ2n) is 14.1. The highest BCUT2D eigenvalue weighted by Gasteiger charge is 2.45. The van der Waals surface area contributed by atoms with E-state index in [1.54, 1.807) is 12.1 Å². The van der Waals surface area contributed by atoms with Gasteiger partial charge in [-0.25, -0.2) is 4.79 Å². The fourth-order valence-corrected chi connectivity index (χ4v) is 5.46. The zero-order valence-electron chi connectivity index (χ0n) is 25.4. The van der Waals surface area contributed by atoms with E-state index in [1.165, 1.54) is 0 Å². The van der Waals surface area contributed by atoms with Crippen molar-refractivity contribution in [2.24, 2.45) is 0 Å². The van der Waals surface area contributed by atoms with Crippen LogP contribution in [0.1, 0.15) is 79.6 Å². The van der Waals surface area contributed by atoms with E-state index in [2.05, 4.69) is 102 Å². The van der Waals surface area contributed by atoms with Crippen LogP contribution in [0.25, 0.3) is 0 Å². The minimum absolute atomic E-state index is 0.0186. The van der Waals surface area contributed by atoms with Crippen molar-refractivity contribution < 1.29 is 22.8 Å². The van der Waals surface area contributed by atoms with Gasteiger partial charge >= 0.3 is 5.97 Å². The van der Waals surface area contributed by atoms with Gasteiger partial charge in [-0.2, -0.15) is 0 Å². The Morgan fingerprint density at radius 2 is 0.971 bits per heavy atom. The summed E-state index contributed by atoms with van der Waals surface area (Å²) in [5, 5.41) is -0.0709. The average molecular weight is 541 g/mol. The zero-order valence-corrected chi connectivity index (χ0v) is 28.4. The van der Waals surface area contributed by atoms with Gasteiger partial charge < -0.3 is 18.0 Å². The molecule has 5 nitrogen and oxygen atoms in total. The third-order valence-corrected chi connectivity index (χ3v) is 21.0. The molecule has 35 heavy (non-hydrogen) atoms. The van der Waals surface area contributed by atoms with Crippen molar-refractivity contribution in [3.63, 3.8) is 0 Å². The van der Waals surface area contributed by atoms with Crippen LogP contribution in [0.4, 0.5) is 0 Å². The largest absolute Gasteiger partial charge is 0.541 e. The van der Waals surface area contributed by atoms with Crippen molar-refractivity contribution in [1.29, 1.82) is 0 Å². The molecular weight excluding hydrogens is 489 g/mol. The van der Waals surface area contributed by atoms with Crippen LogP contribution in [0.15, 0.2) is 12.1 Å². The maximum atomic E-state index is 12.9. The molecule has 1 rings (SSSR count). The smallest absolute Gasteiger partial charge is 0.338 e. The molecule has 1 aromatic rings. The summed E-state index contributed by atoms with van der Waals surface area (Å²) >= 11 is 0. The molecule has 0 fully saturated rings. The first kappa shape index (κ1) is 31.8. The molecule has 0 atom stereocenters. The maximum absolute atomic E-state index is 12.9. The molecule has 202 valence electrons. The summed E-state index contributed by atoms with van der Waals surface area (Å²) in [6.07, 6.45) is 0. The number of rotatable bonds is 8. The molecule has 0 unspecified atom stereocenters. The first-order valence-electron chi connectivity index (χ1n) is 12.8. The summed E-state index contributed by atoms with van der Waals surface area (Å²) in [5.74, 6) is 1.41. The zero-order chi connectivity index (χ0) is 27.8. The topological polar surface area (TPSA) is 54.0 Å². The van der Waals surface area contributed by atoms with E-state index in [-0.39, 0.29) is 21.1 Å². The molecular formula is C27H52O5Si3. The minimum atomic E-state index is -2.26. The molecule has 0 radical (unpaired) electrons. The van der Waals surface area contributed by atoms with Crippen molar-refractivity contribution in [2.75, 3.05) is 6.61 Å². The van der Waals surface area contributed by atoms with Crippen molar-refractivity contribution in [1.82, 2.24) is 0 Å². The second kappa shape index (κ2) is 10.2. The molecule has 1 aromatic carbocycles. The normalized spacial score (nSPS) is 13.9. The van der Waals surface area contributed by atoms with Crippen LogP contribution in [0.3, 0.4) is 0 Å². The lowest BCUT2D eigenvalue weighted by Gasteiger charge is -2.42. The SMILES string of the molecule is CCOC(=O)c1cc(O[Si](C)(C)C(C)(C)C)c(O[Si](C)(C)C(C)(C)C)c(O[Si](C)(C)C(C)(C)C)c1. The molecule has 0 heterocycles. The van der Waals surface area contributed by atoms with Crippen LogP contribution in [-0.4, -0.2) is 37.5 Å². The fraction of sp³-hybridized carbons (Fsp3) is 0.741. The number of carbonyl (C=O) groups excluding carboxylic acids is 1. The molecule has 0 amide bonds. The van der Waals surface area contributed by atoms with Gasteiger partial charge in [-0.1, -0.05) is 62.3 Å². The third kappa shape index (κ3) is 7.62. The standard InChI is InChI=1S/C27H52O5Si3/c1-17-29-24(28)20-18-21(30-33(11,12)25(2,3)4)23(32-35(15,16)27(8,9)10)22(19-20)31-34(13,14)26(5,6)7/h18-19H,17H2,1-16H3. The third-order valence-electron chi connectivity index (χ3n) is 8.04. The van der Waals surface area contributed by atoms with E-state index in [1.807, 2.05) is 6.92 Å². The Bertz CT molecular complexity index is 852. The summed E-state index contributed by atoms with van der Waals surface area (Å²) in [5.41, 5.74) is 0.428. The molecule has 0 aliphatic carbocycles. The number of hydrogen-bond acceptors (Lipinski definition) is 5. The Morgan fingerprint density at radius 1 is 0.657 bits per heavy atom. The molecule has 0 spiro atoms. The number of benzene rings is 1. The van der Waals surface area contributed by atoms with E-state index in [4.69, 9.17) is 18.0 Å². The van der Waals surface area contributed by atoms with Crippen LogP contribution in [0.5, 0.6) is 17.2 Å². The molecule has 0 saturated carbocycles. The lowest BCUT2D eigenvalue weighted by atomic mass is 10.2. The Labute approximate surface area is 218 Å². The highest BCUT2D eigenvalue weighted by molar-refractivity contribution is 6.76. The van der Waals surface area contributed by atoms with Crippen LogP contribution in [0.2, 0.25) is 54.4 Å². The van der Waals surface area contributed by atoms with Gasteiger partial charge in [-0.15, -0.1) is 0 Å². The van der Waals surface area contributed by atoms with Crippen molar-refractivity contribution in [3.8, 4) is 17.2 Å². The van der Waals surface area contributed by atoms with Crippen molar-refractivity contribution in [3.05, 3.63) is 17.7 Å². The lowest BCUT2D eigenvalue weighted by Crippen LogP contribution is -2.47. The predicted octanol–water partition coefficient (Wildman–Crippen LogP) is 9.02. The van der Waals surface area contributed by atoms with Gasteiger partial charge in [0.05, 0.1) is 12.2 Å². The molecule has 0 bridgehead atoms. The Balaban J connectivity index is 3.96. The summed E-state index contributed by atoms with van der Waals surface area (Å²) in [7, 11) is -6.76. The average Bonchev–Trinajstić information content (AvgIpc) is 2.60. The number of ether oxygens (including phenoxy) is 1. The number of carbonyl (C=O) groups is 1. The molecule has 0 saturated heterocycles. The van der Waals surface area contributed by atoms with Gasteiger partial charge in [0, 0.05) is 0 Å². The molecule has 8 heteroatoms. The number of esters is 1. The lowest BCUT2D eigenvalue weighted by molar-refractivity contribution is 0.0525. The highest BCUT2D eigenvalue weighted by atomic mass is 28.4. The van der Waals surface area contributed by atoms with E-state index in [0.717, 1.165) is 0 Å². The van der Waals surface area contributed by atoms with Gasteiger partial charge in [-0.05, 0) is 73.5 Å². The van der Waals surface area contributed by atoms with Gasteiger partial charge in [-0.3, -0.25) is 0 Å². The molecule has 0 aliphatic rings. The Hall–Kier alpha value is -1.26. The van der Waals surface area contributed by atoms with Gasteiger partial charge in [0.15, 0.2) is 5.75 Å². The first-order valence-corrected chi connectivity index (χ1v) is 21.5. The Morgan fingerprint density at radius 3 is 1.26 bits per heavy atom. The quantitative estimate of drug-likeness (QED) is 0.243. The van der Waals surface area contributed by atoms with E-state index >= 15 is 0 Å². The maximum Gasteiger partial charge on any atom is 0.338 e. The van der Waals surface area contributed by atoms with Crippen LogP contribution in [-0.2, 0) is 4.74 Å². The second-order valence-corrected chi connectivity index (χ2v) is 28.3. The van der Waals surface area contributed by atoms with Gasteiger partial charge in [0.25, 0.3) is 25.0 Å². The summed E-state index contributed by atoms with van der Waals surface area (Å²) in [6, 6.07) is 3.58. The predicted molar refractivity (Wildman–Crippen MR) is 156 cm³/mol. The van der Waals surface area contributed by atoms with Crippen LogP contribution < -0.4 is 13.3 Å². The highest BCUT2D eigenvalue weighted by Crippen LogP contribution is 2.50. The molecule has 0 N–H and O–H groups in total. The summed E-state index contributed by atoms with van der Waals surface area (Å²) < 4.78 is 25.9. The monoisotopic (exact) mass is 540 g/mol. The first-order chi connectivity index (χ1) is 15.4. The minimum Gasteiger partial charge on any atom is -0.541 e. The summed E-state index contributed by atoms with van der Waals surface area (Å²) in [4.78, 5) is 12.9. The van der Waals surface area contributed by atoms with Gasteiger partial charge in [0.2, 0.25) is 0 Å². The van der Waals surface area contributed by atoms with Gasteiger partial charge in [0.1, 0.15) is 11.5 Å². The van der Waals surface area contributed by atoms with E-state index in [0.29, 0.717) is 29.4 Å². The van der Waals surface area contributed by atoms with Crippen molar-refractivity contribution in [2.45, 2.75) is 124 Å².